The molecule has 0 aromatic carbocycles. The summed E-state index contributed by atoms with van der Waals surface area (Å²) in [5, 5.41) is 8.78. The van der Waals surface area contributed by atoms with E-state index in [9.17, 15) is 4.79 Å². The van der Waals surface area contributed by atoms with Crippen LogP contribution >= 0.6 is 0 Å². The maximum Gasteiger partial charge on any atom is 0.254 e. The molecule has 5 nitrogen and oxygen atoms in total. The van der Waals surface area contributed by atoms with Gasteiger partial charge in [-0.25, -0.2) is 4.98 Å². The highest BCUT2D eigenvalue weighted by Crippen LogP contribution is 2.01. The molecule has 84 valence electrons. The van der Waals surface area contributed by atoms with Gasteiger partial charge in [0.25, 0.3) is 5.56 Å². The van der Waals surface area contributed by atoms with Crippen LogP contribution in [0, 0.1) is 6.92 Å². The van der Waals surface area contributed by atoms with Crippen LogP contribution in [0.1, 0.15) is 24.0 Å². The number of aryl methyl sites for hydroxylation is 1. The second kappa shape index (κ2) is 5.04. The summed E-state index contributed by atoms with van der Waals surface area (Å²) >= 11 is 0. The third kappa shape index (κ3) is 3.14. The monoisotopic (exact) mass is 211 g/mol. The summed E-state index contributed by atoms with van der Waals surface area (Å²) in [6.07, 6.45) is 0.891. The number of hydrogen-bond acceptors (Lipinski definition) is 4. The molecule has 1 rings (SSSR count). The molecule has 0 amide bonds. The summed E-state index contributed by atoms with van der Waals surface area (Å²) in [4.78, 5) is 18.5. The highest BCUT2D eigenvalue weighted by molar-refractivity contribution is 5.16. The van der Waals surface area contributed by atoms with Crippen LogP contribution in [0.15, 0.2) is 4.79 Å². The number of rotatable bonds is 4. The first-order chi connectivity index (χ1) is 7.04. The Morgan fingerprint density at radius 2 is 2.27 bits per heavy atom. The number of aromatic nitrogens is 2. The van der Waals surface area contributed by atoms with E-state index in [4.69, 9.17) is 10.8 Å². The molecule has 0 aliphatic rings. The van der Waals surface area contributed by atoms with E-state index in [0.29, 0.717) is 29.9 Å². The van der Waals surface area contributed by atoms with E-state index < -0.39 is 0 Å². The molecule has 1 aromatic heterocycles. The second-order valence-electron chi connectivity index (χ2n) is 3.73. The van der Waals surface area contributed by atoms with Crippen LogP contribution in [0.25, 0.3) is 0 Å². The van der Waals surface area contributed by atoms with Gasteiger partial charge >= 0.3 is 0 Å². The summed E-state index contributed by atoms with van der Waals surface area (Å²) in [7, 11) is 0. The molecule has 0 aliphatic carbocycles. The van der Waals surface area contributed by atoms with Gasteiger partial charge in [0.15, 0.2) is 0 Å². The molecular formula is C10H17N3O2. The van der Waals surface area contributed by atoms with E-state index in [2.05, 4.69) is 9.97 Å². The minimum absolute atomic E-state index is 0.0313. The Kier molecular flexibility index (Phi) is 3.99. The molecule has 0 spiro atoms. The van der Waals surface area contributed by atoms with E-state index in [1.165, 1.54) is 0 Å². The van der Waals surface area contributed by atoms with Crippen LogP contribution in [0.5, 0.6) is 0 Å². The largest absolute Gasteiger partial charge is 0.396 e. The Balaban J connectivity index is 3.03. The summed E-state index contributed by atoms with van der Waals surface area (Å²) in [5.41, 5.74) is 6.66. The second-order valence-corrected chi connectivity index (χ2v) is 3.73. The van der Waals surface area contributed by atoms with Crippen molar-refractivity contribution in [2.24, 2.45) is 5.73 Å². The molecule has 1 aromatic rings. The summed E-state index contributed by atoms with van der Waals surface area (Å²) in [5.74, 6) is 0.606. The maximum absolute atomic E-state index is 11.6. The third-order valence-corrected chi connectivity index (χ3v) is 2.15. The van der Waals surface area contributed by atoms with Crippen LogP contribution in [0.4, 0.5) is 0 Å². The zero-order chi connectivity index (χ0) is 11.4. The van der Waals surface area contributed by atoms with Crippen LogP contribution in [0.2, 0.25) is 0 Å². The van der Waals surface area contributed by atoms with Gasteiger partial charge in [-0.2, -0.15) is 0 Å². The number of H-pyrrole nitrogens is 1. The predicted octanol–water partition coefficient (Wildman–Crippen LogP) is -0.497. The van der Waals surface area contributed by atoms with E-state index >= 15 is 0 Å². The van der Waals surface area contributed by atoms with Crippen LogP contribution in [-0.2, 0) is 12.8 Å². The highest BCUT2D eigenvalue weighted by atomic mass is 16.3. The fraction of sp³-hybridized carbons (Fsp3) is 0.600. The Bertz CT molecular complexity index is 385. The number of aliphatic hydroxyl groups is 1. The molecule has 4 N–H and O–H groups in total. The zero-order valence-electron chi connectivity index (χ0n) is 9.08. The molecular weight excluding hydrogens is 194 g/mol. The summed E-state index contributed by atoms with van der Waals surface area (Å²) in [6, 6.07) is -0.0313. The number of aliphatic hydroxyl groups excluding tert-OH is 1. The molecule has 0 radical (unpaired) electrons. The lowest BCUT2D eigenvalue weighted by atomic mass is 10.1. The third-order valence-electron chi connectivity index (χ3n) is 2.15. The first-order valence-corrected chi connectivity index (χ1v) is 4.99. The molecule has 0 saturated carbocycles. The molecule has 1 unspecified atom stereocenters. The van der Waals surface area contributed by atoms with Crippen molar-refractivity contribution in [3.8, 4) is 0 Å². The van der Waals surface area contributed by atoms with Gasteiger partial charge in [-0.3, -0.25) is 4.79 Å². The highest BCUT2D eigenvalue weighted by Gasteiger charge is 2.08. The normalized spacial score (nSPS) is 12.8. The van der Waals surface area contributed by atoms with Crippen molar-refractivity contribution in [3.05, 3.63) is 27.4 Å². The first kappa shape index (κ1) is 11.9. The van der Waals surface area contributed by atoms with Crippen molar-refractivity contribution in [2.75, 3.05) is 6.61 Å². The summed E-state index contributed by atoms with van der Waals surface area (Å²) in [6.45, 7) is 3.58. The van der Waals surface area contributed by atoms with Crippen molar-refractivity contribution >= 4 is 0 Å². The lowest BCUT2D eigenvalue weighted by Crippen LogP contribution is -2.25. The molecule has 0 fully saturated rings. The Labute approximate surface area is 88.4 Å². The van der Waals surface area contributed by atoms with Crippen LogP contribution < -0.4 is 11.3 Å². The number of hydrogen-bond donors (Lipinski definition) is 3. The van der Waals surface area contributed by atoms with Gasteiger partial charge in [0, 0.05) is 36.7 Å². The average molecular weight is 211 g/mol. The van der Waals surface area contributed by atoms with Crippen molar-refractivity contribution in [1.82, 2.24) is 9.97 Å². The molecule has 5 heteroatoms. The van der Waals surface area contributed by atoms with E-state index in [-0.39, 0.29) is 18.2 Å². The van der Waals surface area contributed by atoms with Crippen molar-refractivity contribution in [1.29, 1.82) is 0 Å². The zero-order valence-corrected chi connectivity index (χ0v) is 9.08. The maximum atomic E-state index is 11.6. The number of nitrogens with zero attached hydrogens (tertiary/aromatic N) is 1. The number of nitrogens with one attached hydrogen (secondary N) is 1. The minimum Gasteiger partial charge on any atom is -0.396 e. The number of nitrogens with two attached hydrogens (primary N) is 1. The minimum atomic E-state index is -0.174. The first-order valence-electron chi connectivity index (χ1n) is 4.99. The van der Waals surface area contributed by atoms with E-state index in [1.807, 2.05) is 6.92 Å². The molecule has 15 heavy (non-hydrogen) atoms. The quantitative estimate of drug-likeness (QED) is 0.626. The number of aromatic amines is 1. The average Bonchev–Trinajstić information content (AvgIpc) is 2.10. The fourth-order valence-electron chi connectivity index (χ4n) is 1.48. The lowest BCUT2D eigenvalue weighted by molar-refractivity contribution is 0.298. The lowest BCUT2D eigenvalue weighted by Gasteiger charge is -2.07. The van der Waals surface area contributed by atoms with Gasteiger partial charge in [-0.15, -0.1) is 0 Å². The van der Waals surface area contributed by atoms with Crippen molar-refractivity contribution in [2.45, 2.75) is 32.7 Å². The molecule has 0 saturated heterocycles. The molecule has 0 aliphatic heterocycles. The molecule has 1 heterocycles. The fourth-order valence-corrected chi connectivity index (χ4v) is 1.48. The Morgan fingerprint density at radius 3 is 2.73 bits per heavy atom. The van der Waals surface area contributed by atoms with Gasteiger partial charge in [-0.1, -0.05) is 0 Å². The SMILES string of the molecule is Cc1nc(CC(C)N)[nH]c(=O)c1CCO. The standard InChI is InChI=1S/C10H17N3O2/c1-6(11)5-9-12-7(2)8(3-4-14)10(15)13-9/h6,14H,3-5,11H2,1-2H3,(H,12,13,15). The Morgan fingerprint density at radius 1 is 1.60 bits per heavy atom. The summed E-state index contributed by atoms with van der Waals surface area (Å²) < 4.78 is 0. The topological polar surface area (TPSA) is 92.0 Å². The van der Waals surface area contributed by atoms with Crippen LogP contribution in [0.3, 0.4) is 0 Å². The van der Waals surface area contributed by atoms with Gasteiger partial charge in [0.2, 0.25) is 0 Å². The smallest absolute Gasteiger partial charge is 0.254 e. The van der Waals surface area contributed by atoms with Gasteiger partial charge in [0.1, 0.15) is 5.82 Å². The van der Waals surface area contributed by atoms with Gasteiger partial charge < -0.3 is 15.8 Å². The molecule has 1 atom stereocenters. The van der Waals surface area contributed by atoms with Gasteiger partial charge in [-0.05, 0) is 13.8 Å². The predicted molar refractivity (Wildman–Crippen MR) is 57.7 cm³/mol. The van der Waals surface area contributed by atoms with Gasteiger partial charge in [0.05, 0.1) is 0 Å². The molecule has 0 bridgehead atoms. The Hall–Kier alpha value is -1.20. The van der Waals surface area contributed by atoms with E-state index in [0.717, 1.165) is 0 Å². The van der Waals surface area contributed by atoms with E-state index in [1.54, 1.807) is 6.92 Å². The van der Waals surface area contributed by atoms with Crippen LogP contribution in [-0.4, -0.2) is 27.7 Å². The van der Waals surface area contributed by atoms with Crippen molar-refractivity contribution in [3.63, 3.8) is 0 Å². The van der Waals surface area contributed by atoms with Crippen molar-refractivity contribution < 1.29 is 5.11 Å².